The van der Waals surface area contributed by atoms with Gasteiger partial charge in [-0.15, -0.1) is 0 Å². The Kier molecular flexibility index (Phi) is 5.09. The fraction of sp³-hybridized carbons (Fsp3) is 0.579. The fourth-order valence-corrected chi connectivity index (χ4v) is 4.00. The third kappa shape index (κ3) is 4.17. The SMILES string of the molecule is CC(C)(C)OC(=O)N1CCCC(C(=O)N2Cc3cccc(Br)c3C2)C1. The zero-order valence-corrected chi connectivity index (χ0v) is 16.6. The van der Waals surface area contributed by atoms with E-state index in [0.29, 0.717) is 26.2 Å². The standard InChI is InChI=1S/C19H25BrN2O3/c1-19(2,3)25-18(24)21-9-5-7-14(11-21)17(23)22-10-13-6-4-8-16(20)15(13)12-22/h4,6,8,14H,5,7,9-12H2,1-3H3. The van der Waals surface area contributed by atoms with Gasteiger partial charge >= 0.3 is 6.09 Å². The molecule has 3 rings (SSSR count). The largest absolute Gasteiger partial charge is 0.444 e. The van der Waals surface area contributed by atoms with Gasteiger partial charge in [-0.05, 0) is 50.8 Å². The highest BCUT2D eigenvalue weighted by Gasteiger charge is 2.35. The second-order valence-corrected chi connectivity index (χ2v) is 8.69. The van der Waals surface area contributed by atoms with Gasteiger partial charge in [-0.25, -0.2) is 4.79 Å². The first kappa shape index (κ1) is 18.2. The molecule has 0 radical (unpaired) electrons. The lowest BCUT2D eigenvalue weighted by Gasteiger charge is -2.34. The topological polar surface area (TPSA) is 49.9 Å². The molecule has 1 aromatic rings. The number of piperidine rings is 1. The predicted octanol–water partition coefficient (Wildman–Crippen LogP) is 3.94. The average Bonchev–Trinajstić information content (AvgIpc) is 2.98. The smallest absolute Gasteiger partial charge is 0.410 e. The van der Waals surface area contributed by atoms with Crippen LogP contribution < -0.4 is 0 Å². The van der Waals surface area contributed by atoms with Gasteiger partial charge in [-0.2, -0.15) is 0 Å². The second kappa shape index (κ2) is 6.98. The van der Waals surface area contributed by atoms with Gasteiger partial charge in [0.05, 0.1) is 5.92 Å². The van der Waals surface area contributed by atoms with Crippen molar-refractivity contribution in [3.8, 4) is 0 Å². The quantitative estimate of drug-likeness (QED) is 0.706. The van der Waals surface area contributed by atoms with Crippen LogP contribution in [-0.2, 0) is 22.6 Å². The summed E-state index contributed by atoms with van der Waals surface area (Å²) in [5, 5.41) is 0. The molecule has 0 spiro atoms. The fourth-order valence-electron chi connectivity index (χ4n) is 3.47. The molecule has 0 bridgehead atoms. The van der Waals surface area contributed by atoms with Crippen LogP contribution in [-0.4, -0.2) is 40.5 Å². The number of likely N-dealkylation sites (tertiary alicyclic amines) is 1. The van der Waals surface area contributed by atoms with Crippen molar-refractivity contribution in [1.82, 2.24) is 9.80 Å². The number of ether oxygens (including phenoxy) is 1. The summed E-state index contributed by atoms with van der Waals surface area (Å²) in [6.07, 6.45) is 1.34. The van der Waals surface area contributed by atoms with Crippen LogP contribution in [0.2, 0.25) is 0 Å². The first-order valence-electron chi connectivity index (χ1n) is 8.77. The number of rotatable bonds is 1. The number of halogens is 1. The molecule has 25 heavy (non-hydrogen) atoms. The Labute approximate surface area is 157 Å². The maximum Gasteiger partial charge on any atom is 0.410 e. The normalized spacial score (nSPS) is 20.4. The molecule has 0 aromatic heterocycles. The van der Waals surface area contributed by atoms with E-state index in [2.05, 4.69) is 22.0 Å². The lowest BCUT2D eigenvalue weighted by Crippen LogP contribution is -2.47. The van der Waals surface area contributed by atoms with Gasteiger partial charge < -0.3 is 14.5 Å². The van der Waals surface area contributed by atoms with E-state index in [4.69, 9.17) is 4.74 Å². The molecule has 1 unspecified atom stereocenters. The van der Waals surface area contributed by atoms with Crippen molar-refractivity contribution >= 4 is 27.9 Å². The van der Waals surface area contributed by atoms with E-state index in [9.17, 15) is 9.59 Å². The molecule has 2 amide bonds. The molecule has 5 nitrogen and oxygen atoms in total. The highest BCUT2D eigenvalue weighted by molar-refractivity contribution is 9.10. The number of hydrogen-bond acceptors (Lipinski definition) is 3. The average molecular weight is 409 g/mol. The molecule has 1 fully saturated rings. The Morgan fingerprint density at radius 2 is 1.96 bits per heavy atom. The maximum atomic E-state index is 13.0. The third-order valence-corrected chi connectivity index (χ3v) is 5.40. The number of benzene rings is 1. The summed E-state index contributed by atoms with van der Waals surface area (Å²) >= 11 is 3.57. The van der Waals surface area contributed by atoms with Gasteiger partial charge in [0.25, 0.3) is 0 Å². The first-order chi connectivity index (χ1) is 11.7. The molecular weight excluding hydrogens is 384 g/mol. The zero-order chi connectivity index (χ0) is 18.2. The van der Waals surface area contributed by atoms with Crippen molar-refractivity contribution in [2.45, 2.75) is 52.3 Å². The van der Waals surface area contributed by atoms with Gasteiger partial charge in [0.2, 0.25) is 5.91 Å². The number of hydrogen-bond donors (Lipinski definition) is 0. The van der Waals surface area contributed by atoms with Gasteiger partial charge in [0.1, 0.15) is 5.60 Å². The van der Waals surface area contributed by atoms with E-state index in [1.807, 2.05) is 37.8 Å². The van der Waals surface area contributed by atoms with Gasteiger partial charge in [-0.3, -0.25) is 4.79 Å². The number of carbonyl (C=O) groups excluding carboxylic acids is 2. The van der Waals surface area contributed by atoms with E-state index >= 15 is 0 Å². The first-order valence-corrected chi connectivity index (χ1v) is 9.57. The molecule has 2 aliphatic rings. The summed E-state index contributed by atoms with van der Waals surface area (Å²) in [6.45, 7) is 7.96. The van der Waals surface area contributed by atoms with Crippen molar-refractivity contribution in [3.05, 3.63) is 33.8 Å². The zero-order valence-electron chi connectivity index (χ0n) is 15.0. The molecule has 136 valence electrons. The van der Waals surface area contributed by atoms with Crippen LogP contribution in [0.3, 0.4) is 0 Å². The van der Waals surface area contributed by atoms with Crippen LogP contribution in [0, 0.1) is 5.92 Å². The molecule has 1 atom stereocenters. The van der Waals surface area contributed by atoms with Crippen LogP contribution in [0.25, 0.3) is 0 Å². The summed E-state index contributed by atoms with van der Waals surface area (Å²) in [5.41, 5.74) is 1.87. The Morgan fingerprint density at radius 1 is 1.20 bits per heavy atom. The van der Waals surface area contributed by atoms with Crippen molar-refractivity contribution < 1.29 is 14.3 Å². The highest BCUT2D eigenvalue weighted by Crippen LogP contribution is 2.31. The molecule has 0 aliphatic carbocycles. The molecule has 0 saturated carbocycles. The number of fused-ring (bicyclic) bond motifs is 1. The summed E-state index contributed by atoms with van der Waals surface area (Å²) in [5.74, 6) is -0.00860. The molecule has 0 N–H and O–H groups in total. The number of nitrogens with zero attached hydrogens (tertiary/aromatic N) is 2. The predicted molar refractivity (Wildman–Crippen MR) is 98.9 cm³/mol. The molecule has 2 aliphatic heterocycles. The molecule has 2 heterocycles. The third-order valence-electron chi connectivity index (χ3n) is 4.66. The van der Waals surface area contributed by atoms with E-state index in [0.717, 1.165) is 17.3 Å². The molecule has 6 heteroatoms. The van der Waals surface area contributed by atoms with E-state index in [-0.39, 0.29) is 17.9 Å². The molecule has 1 aromatic carbocycles. The monoisotopic (exact) mass is 408 g/mol. The van der Waals surface area contributed by atoms with E-state index < -0.39 is 5.60 Å². The van der Waals surface area contributed by atoms with Crippen molar-refractivity contribution in [1.29, 1.82) is 0 Å². The lowest BCUT2D eigenvalue weighted by molar-refractivity contribution is -0.137. The Bertz CT molecular complexity index is 684. The van der Waals surface area contributed by atoms with Crippen molar-refractivity contribution in [3.63, 3.8) is 0 Å². The van der Waals surface area contributed by atoms with Crippen molar-refractivity contribution in [2.75, 3.05) is 13.1 Å². The van der Waals surface area contributed by atoms with Gasteiger partial charge in [0, 0.05) is 30.7 Å². The van der Waals surface area contributed by atoms with Crippen LogP contribution in [0.15, 0.2) is 22.7 Å². The van der Waals surface area contributed by atoms with Crippen LogP contribution in [0.5, 0.6) is 0 Å². The highest BCUT2D eigenvalue weighted by atomic mass is 79.9. The van der Waals surface area contributed by atoms with Crippen molar-refractivity contribution in [2.24, 2.45) is 5.92 Å². The number of amides is 2. The summed E-state index contributed by atoms with van der Waals surface area (Å²) in [7, 11) is 0. The Morgan fingerprint density at radius 3 is 2.64 bits per heavy atom. The lowest BCUT2D eigenvalue weighted by atomic mass is 9.97. The summed E-state index contributed by atoms with van der Waals surface area (Å²) in [6, 6.07) is 6.08. The van der Waals surface area contributed by atoms with Crippen LogP contribution in [0.1, 0.15) is 44.7 Å². The minimum Gasteiger partial charge on any atom is -0.444 e. The second-order valence-electron chi connectivity index (χ2n) is 7.84. The Hall–Kier alpha value is -1.56. The number of carbonyl (C=O) groups is 2. The molecule has 1 saturated heterocycles. The van der Waals surface area contributed by atoms with Crippen LogP contribution in [0.4, 0.5) is 4.79 Å². The summed E-state index contributed by atoms with van der Waals surface area (Å²) in [4.78, 5) is 28.8. The van der Waals surface area contributed by atoms with Gasteiger partial charge in [-0.1, -0.05) is 28.1 Å². The minimum atomic E-state index is -0.517. The summed E-state index contributed by atoms with van der Waals surface area (Å²) < 4.78 is 6.51. The van der Waals surface area contributed by atoms with Crippen LogP contribution >= 0.6 is 15.9 Å². The minimum absolute atomic E-state index is 0.136. The van der Waals surface area contributed by atoms with E-state index in [1.54, 1.807) is 4.90 Å². The van der Waals surface area contributed by atoms with E-state index in [1.165, 1.54) is 11.1 Å². The maximum absolute atomic E-state index is 13.0. The molecular formula is C19H25BrN2O3. The van der Waals surface area contributed by atoms with Gasteiger partial charge in [0.15, 0.2) is 0 Å². The Balaban J connectivity index is 1.63.